The summed E-state index contributed by atoms with van der Waals surface area (Å²) in [6.07, 6.45) is 3.99. The highest BCUT2D eigenvalue weighted by molar-refractivity contribution is 5.84. The summed E-state index contributed by atoms with van der Waals surface area (Å²) >= 11 is 0. The number of rotatable bonds is 6. The van der Waals surface area contributed by atoms with Crippen LogP contribution in [-0.4, -0.2) is 36.6 Å². The molecule has 4 aromatic rings. The number of benzene rings is 3. The second-order valence-electron chi connectivity index (χ2n) is 8.42. The van der Waals surface area contributed by atoms with Crippen LogP contribution in [0.4, 0.5) is 0 Å². The summed E-state index contributed by atoms with van der Waals surface area (Å²) in [6, 6.07) is 22.4. The fourth-order valence-corrected chi connectivity index (χ4v) is 4.93. The Bertz CT molecular complexity index is 1280. The van der Waals surface area contributed by atoms with Crippen LogP contribution in [-0.2, 0) is 17.6 Å². The maximum atomic E-state index is 13.6. The van der Waals surface area contributed by atoms with Gasteiger partial charge in [0, 0.05) is 30.1 Å². The smallest absolute Gasteiger partial charge is 0.223 e. The highest BCUT2D eigenvalue weighted by Gasteiger charge is 2.33. The summed E-state index contributed by atoms with van der Waals surface area (Å²) in [6.45, 7) is 0.675. The molecule has 33 heavy (non-hydrogen) atoms. The molecular formula is C28H28N2O3. The number of fused-ring (bicyclic) bond motifs is 2. The predicted octanol–water partition coefficient (Wildman–Crippen LogP) is 5.29. The average molecular weight is 441 g/mol. The molecule has 1 aliphatic heterocycles. The Kier molecular flexibility index (Phi) is 5.78. The molecule has 0 spiro atoms. The van der Waals surface area contributed by atoms with Gasteiger partial charge in [0.1, 0.15) is 0 Å². The number of H-pyrrole nitrogens is 1. The molecule has 1 aromatic heterocycles. The third-order valence-corrected chi connectivity index (χ3v) is 6.59. The Balaban J connectivity index is 1.46. The largest absolute Gasteiger partial charge is 0.493 e. The van der Waals surface area contributed by atoms with Gasteiger partial charge in [-0.05, 0) is 53.3 Å². The maximum absolute atomic E-state index is 13.6. The number of para-hydroxylation sites is 1. The number of amides is 1. The summed E-state index contributed by atoms with van der Waals surface area (Å²) in [5.74, 6) is 1.57. The SMILES string of the molecule is COc1cc2c(cc1OC)C(c1ccccc1)N(C(=O)CCc1c[nH]c3ccccc13)CC2. The summed E-state index contributed by atoms with van der Waals surface area (Å²) in [5.41, 5.74) is 5.69. The van der Waals surface area contributed by atoms with Gasteiger partial charge >= 0.3 is 0 Å². The van der Waals surface area contributed by atoms with Gasteiger partial charge in [0.2, 0.25) is 5.91 Å². The van der Waals surface area contributed by atoms with E-state index in [1.807, 2.05) is 47.5 Å². The first kappa shape index (κ1) is 21.1. The zero-order valence-electron chi connectivity index (χ0n) is 19.0. The van der Waals surface area contributed by atoms with Gasteiger partial charge in [-0.3, -0.25) is 4.79 Å². The molecule has 0 saturated heterocycles. The van der Waals surface area contributed by atoms with E-state index in [2.05, 4.69) is 35.3 Å². The number of methoxy groups -OCH3 is 2. The molecule has 1 unspecified atom stereocenters. The van der Waals surface area contributed by atoms with Crippen molar-refractivity contribution in [3.8, 4) is 11.5 Å². The predicted molar refractivity (Wildman–Crippen MR) is 130 cm³/mol. The zero-order chi connectivity index (χ0) is 22.8. The van der Waals surface area contributed by atoms with E-state index in [9.17, 15) is 4.79 Å². The quantitative estimate of drug-likeness (QED) is 0.443. The van der Waals surface area contributed by atoms with E-state index in [-0.39, 0.29) is 11.9 Å². The summed E-state index contributed by atoms with van der Waals surface area (Å²) < 4.78 is 11.1. The average Bonchev–Trinajstić information content (AvgIpc) is 3.29. The van der Waals surface area contributed by atoms with Gasteiger partial charge in [-0.1, -0.05) is 48.5 Å². The Morgan fingerprint density at radius 2 is 1.73 bits per heavy atom. The molecule has 0 saturated carbocycles. The minimum atomic E-state index is -0.148. The van der Waals surface area contributed by atoms with Crippen LogP contribution in [0, 0.1) is 0 Å². The van der Waals surface area contributed by atoms with E-state index < -0.39 is 0 Å². The van der Waals surface area contributed by atoms with E-state index in [1.165, 1.54) is 16.5 Å². The van der Waals surface area contributed by atoms with E-state index in [0.29, 0.717) is 25.1 Å². The van der Waals surface area contributed by atoms with Crippen molar-refractivity contribution >= 4 is 16.8 Å². The minimum Gasteiger partial charge on any atom is -0.493 e. The molecule has 0 aliphatic carbocycles. The molecular weight excluding hydrogens is 412 g/mol. The van der Waals surface area contributed by atoms with Crippen LogP contribution >= 0.6 is 0 Å². The fourth-order valence-electron chi connectivity index (χ4n) is 4.93. The zero-order valence-corrected chi connectivity index (χ0v) is 19.0. The summed E-state index contributed by atoms with van der Waals surface area (Å²) in [7, 11) is 3.30. The minimum absolute atomic E-state index is 0.148. The van der Waals surface area contributed by atoms with Crippen molar-refractivity contribution in [2.45, 2.75) is 25.3 Å². The van der Waals surface area contributed by atoms with Crippen LogP contribution in [0.15, 0.2) is 72.9 Å². The number of ether oxygens (including phenoxy) is 2. The Labute approximate surface area is 193 Å². The first-order valence-electron chi connectivity index (χ1n) is 11.3. The third kappa shape index (κ3) is 3.95. The lowest BCUT2D eigenvalue weighted by molar-refractivity contribution is -0.133. The lowest BCUT2D eigenvalue weighted by atomic mass is 9.87. The first-order chi connectivity index (χ1) is 16.2. The molecule has 5 nitrogen and oxygen atoms in total. The number of nitrogens with one attached hydrogen (secondary N) is 1. The molecule has 5 rings (SSSR count). The van der Waals surface area contributed by atoms with Gasteiger partial charge in [-0.2, -0.15) is 0 Å². The van der Waals surface area contributed by atoms with Crippen molar-refractivity contribution in [2.24, 2.45) is 0 Å². The number of carbonyl (C=O) groups excluding carboxylic acids is 1. The summed E-state index contributed by atoms with van der Waals surface area (Å²) in [4.78, 5) is 18.9. The van der Waals surface area contributed by atoms with Crippen LogP contribution in [0.3, 0.4) is 0 Å². The third-order valence-electron chi connectivity index (χ3n) is 6.59. The maximum Gasteiger partial charge on any atom is 0.223 e. The summed E-state index contributed by atoms with van der Waals surface area (Å²) in [5, 5.41) is 1.19. The fraction of sp³-hybridized carbons (Fsp3) is 0.250. The van der Waals surface area contributed by atoms with E-state index in [1.54, 1.807) is 14.2 Å². The second-order valence-corrected chi connectivity index (χ2v) is 8.42. The standard InChI is InChI=1S/C28H28N2O3/c1-32-25-16-20-14-15-30(27(31)13-12-21-18-29-24-11-7-6-10-22(21)24)28(19-8-4-3-5-9-19)23(20)17-26(25)33-2/h3-11,16-18,28-29H,12-15H2,1-2H3. The number of aromatic amines is 1. The van der Waals surface area contributed by atoms with Crippen molar-refractivity contribution in [3.05, 3.63) is 95.2 Å². The molecule has 2 heterocycles. The van der Waals surface area contributed by atoms with E-state index in [4.69, 9.17) is 9.47 Å². The highest BCUT2D eigenvalue weighted by Crippen LogP contribution is 2.41. The van der Waals surface area contributed by atoms with Crippen LogP contribution < -0.4 is 9.47 Å². The molecule has 1 N–H and O–H groups in total. The van der Waals surface area contributed by atoms with Gasteiger partial charge in [-0.25, -0.2) is 0 Å². The second kappa shape index (κ2) is 9.02. The van der Waals surface area contributed by atoms with Crippen molar-refractivity contribution in [1.82, 2.24) is 9.88 Å². The Morgan fingerprint density at radius 1 is 1.00 bits per heavy atom. The van der Waals surface area contributed by atoms with E-state index in [0.717, 1.165) is 28.8 Å². The topological polar surface area (TPSA) is 54.6 Å². The Hall–Kier alpha value is -3.73. The number of aromatic nitrogens is 1. The van der Waals surface area contributed by atoms with Gasteiger partial charge in [0.25, 0.3) is 0 Å². The van der Waals surface area contributed by atoms with Gasteiger partial charge in [0.05, 0.1) is 20.3 Å². The van der Waals surface area contributed by atoms with E-state index >= 15 is 0 Å². The molecule has 1 atom stereocenters. The van der Waals surface area contributed by atoms with Gasteiger partial charge in [-0.15, -0.1) is 0 Å². The van der Waals surface area contributed by atoms with Crippen LogP contribution in [0.25, 0.3) is 10.9 Å². The van der Waals surface area contributed by atoms with Crippen LogP contribution in [0.1, 0.15) is 34.7 Å². The lowest BCUT2D eigenvalue weighted by Crippen LogP contribution is -2.40. The van der Waals surface area contributed by atoms with Crippen molar-refractivity contribution < 1.29 is 14.3 Å². The molecule has 1 aliphatic rings. The number of nitrogens with zero attached hydrogens (tertiary/aromatic N) is 1. The number of hydrogen-bond donors (Lipinski definition) is 1. The molecule has 0 fully saturated rings. The normalized spacial score (nSPS) is 15.3. The van der Waals surface area contributed by atoms with Crippen molar-refractivity contribution in [3.63, 3.8) is 0 Å². The van der Waals surface area contributed by atoms with Crippen molar-refractivity contribution in [2.75, 3.05) is 20.8 Å². The van der Waals surface area contributed by atoms with Gasteiger partial charge < -0.3 is 19.4 Å². The highest BCUT2D eigenvalue weighted by atomic mass is 16.5. The molecule has 0 bridgehead atoms. The monoisotopic (exact) mass is 440 g/mol. The Morgan fingerprint density at radius 3 is 2.52 bits per heavy atom. The van der Waals surface area contributed by atoms with Gasteiger partial charge in [0.15, 0.2) is 11.5 Å². The van der Waals surface area contributed by atoms with Crippen LogP contribution in [0.2, 0.25) is 0 Å². The first-order valence-corrected chi connectivity index (χ1v) is 11.3. The molecule has 5 heteroatoms. The number of carbonyl (C=O) groups is 1. The van der Waals surface area contributed by atoms with Crippen molar-refractivity contribution in [1.29, 1.82) is 0 Å². The molecule has 3 aromatic carbocycles. The number of aryl methyl sites for hydroxylation is 1. The molecule has 1 amide bonds. The molecule has 168 valence electrons. The number of hydrogen-bond acceptors (Lipinski definition) is 3. The lowest BCUT2D eigenvalue weighted by Gasteiger charge is -2.38. The molecule has 0 radical (unpaired) electrons. The van der Waals surface area contributed by atoms with Crippen LogP contribution in [0.5, 0.6) is 11.5 Å².